The van der Waals surface area contributed by atoms with Crippen LogP contribution in [0.1, 0.15) is 60.3 Å². The number of ether oxygens (including phenoxy) is 1. The van der Waals surface area contributed by atoms with Crippen molar-refractivity contribution in [2.45, 2.75) is 84.5 Å². The van der Waals surface area contributed by atoms with Gasteiger partial charge in [-0.2, -0.15) is 0 Å². The molecule has 0 heterocycles. The molecule has 4 nitrogen and oxygen atoms in total. The van der Waals surface area contributed by atoms with Crippen LogP contribution in [-0.2, 0) is 14.0 Å². The molecule has 0 aliphatic carbocycles. The van der Waals surface area contributed by atoms with E-state index in [1.165, 1.54) is 0 Å². The molecule has 29 heavy (non-hydrogen) atoms. The van der Waals surface area contributed by atoms with E-state index >= 15 is 0 Å². The van der Waals surface area contributed by atoms with E-state index in [0.717, 1.165) is 24.8 Å². The van der Waals surface area contributed by atoms with E-state index in [1.54, 1.807) is 6.08 Å². The van der Waals surface area contributed by atoms with Gasteiger partial charge < -0.3 is 14.3 Å². The van der Waals surface area contributed by atoms with E-state index in [1.807, 2.05) is 13.0 Å². The lowest BCUT2D eigenvalue weighted by molar-refractivity contribution is -0.142. The van der Waals surface area contributed by atoms with Crippen molar-refractivity contribution >= 4 is 14.3 Å². The van der Waals surface area contributed by atoms with Gasteiger partial charge in [0, 0.05) is 18.3 Å². The number of aliphatic hydroxyl groups excluding tert-OH is 1. The van der Waals surface area contributed by atoms with Crippen molar-refractivity contribution < 1.29 is 19.1 Å². The third-order valence-electron chi connectivity index (χ3n) is 5.74. The Kier molecular flexibility index (Phi) is 12.7. The van der Waals surface area contributed by atoms with Gasteiger partial charge in [0.15, 0.2) is 8.32 Å². The molecule has 0 amide bonds. The molecule has 0 saturated heterocycles. The molecule has 0 aromatic rings. The summed E-state index contributed by atoms with van der Waals surface area (Å²) in [5, 5.41) is 9.92. The van der Waals surface area contributed by atoms with Gasteiger partial charge >= 0.3 is 5.97 Å². The van der Waals surface area contributed by atoms with E-state index in [-0.39, 0.29) is 42.2 Å². The summed E-state index contributed by atoms with van der Waals surface area (Å²) in [5.41, 5.74) is 0.988. The zero-order valence-electron chi connectivity index (χ0n) is 19.8. The molecule has 0 fully saturated rings. The highest BCUT2D eigenvalue weighted by atomic mass is 28.4. The van der Waals surface area contributed by atoms with Crippen LogP contribution in [0.5, 0.6) is 0 Å². The molecule has 0 spiro atoms. The number of hydrogen-bond acceptors (Lipinski definition) is 4. The van der Waals surface area contributed by atoms with Crippen molar-refractivity contribution in [3.63, 3.8) is 0 Å². The van der Waals surface area contributed by atoms with Crippen LogP contribution in [-0.4, -0.2) is 38.7 Å². The number of rotatable bonds is 14. The van der Waals surface area contributed by atoms with E-state index in [2.05, 4.69) is 60.0 Å². The topological polar surface area (TPSA) is 55.8 Å². The highest BCUT2D eigenvalue weighted by Crippen LogP contribution is 2.39. The summed E-state index contributed by atoms with van der Waals surface area (Å²) in [7, 11) is -2.02. The van der Waals surface area contributed by atoms with E-state index in [9.17, 15) is 9.90 Å². The lowest BCUT2D eigenvalue weighted by Gasteiger charge is -2.42. The molecular formula is C24H44O4Si. The van der Waals surface area contributed by atoms with Crippen LogP contribution in [0.15, 0.2) is 37.0 Å². The van der Waals surface area contributed by atoms with Crippen molar-refractivity contribution in [1.82, 2.24) is 0 Å². The van der Waals surface area contributed by atoms with Crippen LogP contribution in [0.4, 0.5) is 0 Å². The molecule has 0 bridgehead atoms. The van der Waals surface area contributed by atoms with Crippen molar-refractivity contribution in [1.29, 1.82) is 0 Å². The number of allylic oxidation sites excluding steroid dienone is 1. The molecule has 0 radical (unpaired) electrons. The summed E-state index contributed by atoms with van der Waals surface area (Å²) in [6.45, 7) is 23.0. The lowest BCUT2D eigenvalue weighted by atomic mass is 9.91. The fourth-order valence-electron chi connectivity index (χ4n) is 2.83. The molecule has 0 aromatic heterocycles. The maximum absolute atomic E-state index is 11.9. The Labute approximate surface area is 180 Å². The Morgan fingerprint density at radius 2 is 1.83 bits per heavy atom. The number of carbonyl (C=O) groups is 1. The molecular weight excluding hydrogens is 380 g/mol. The SMILES string of the molecule is C=CCCCCC(=O)OC/C(C)=C\[C@@H](C)[C@H](O[Si](C)(C)C(C)(C)C)[C@H](C=C)CO. The third-order valence-corrected chi connectivity index (χ3v) is 10.2. The Bertz CT molecular complexity index is 546. The molecule has 0 aromatic carbocycles. The maximum Gasteiger partial charge on any atom is 0.306 e. The van der Waals surface area contributed by atoms with Gasteiger partial charge in [-0.1, -0.05) is 45.9 Å². The standard InChI is InChI=1S/C24H44O4Si/c1-10-12-13-14-15-22(26)27-18-19(3)16-20(4)23(21(11-2)17-25)28-29(8,9)24(5,6)7/h10-11,16,20-21,23,25H,1-2,12-15,17-18H2,3-9H3/b19-16-/t20-,21-,23+/m1/s1. The molecule has 5 heteroatoms. The molecule has 0 unspecified atom stereocenters. The number of carbonyl (C=O) groups excluding carboxylic acids is 1. The summed E-state index contributed by atoms with van der Waals surface area (Å²) in [5.74, 6) is -0.246. The first-order chi connectivity index (χ1) is 13.4. The lowest BCUT2D eigenvalue weighted by Crippen LogP contribution is -2.47. The number of esters is 1. The van der Waals surface area contributed by atoms with E-state index in [0.29, 0.717) is 6.42 Å². The van der Waals surface area contributed by atoms with Crippen molar-refractivity contribution in [3.8, 4) is 0 Å². The van der Waals surface area contributed by atoms with Gasteiger partial charge in [0.1, 0.15) is 6.61 Å². The Hall–Kier alpha value is -1.17. The Morgan fingerprint density at radius 1 is 1.21 bits per heavy atom. The monoisotopic (exact) mass is 424 g/mol. The van der Waals surface area contributed by atoms with Gasteiger partial charge in [0.05, 0.1) is 12.7 Å². The second kappa shape index (κ2) is 13.2. The second-order valence-corrected chi connectivity index (χ2v) is 14.2. The van der Waals surface area contributed by atoms with Crippen molar-refractivity contribution in [3.05, 3.63) is 37.0 Å². The van der Waals surface area contributed by atoms with Crippen LogP contribution in [0, 0.1) is 11.8 Å². The zero-order chi connectivity index (χ0) is 22.7. The van der Waals surface area contributed by atoms with E-state index < -0.39 is 8.32 Å². The van der Waals surface area contributed by atoms with Gasteiger partial charge in [-0.3, -0.25) is 4.79 Å². The number of aliphatic hydroxyl groups is 1. The van der Waals surface area contributed by atoms with Crippen LogP contribution in [0.2, 0.25) is 18.1 Å². The minimum absolute atomic E-state index is 0.000286. The summed E-state index contributed by atoms with van der Waals surface area (Å²) in [4.78, 5) is 11.9. The minimum atomic E-state index is -2.02. The van der Waals surface area contributed by atoms with Crippen LogP contribution >= 0.6 is 0 Å². The second-order valence-electron chi connectivity index (χ2n) is 9.49. The van der Waals surface area contributed by atoms with Gasteiger partial charge in [-0.15, -0.1) is 13.2 Å². The molecule has 0 rings (SSSR count). The van der Waals surface area contributed by atoms with Gasteiger partial charge in [0.2, 0.25) is 0 Å². The predicted octanol–water partition coefficient (Wildman–Crippen LogP) is 6.04. The fraction of sp³-hybridized carbons (Fsp3) is 0.708. The molecule has 0 aliphatic rings. The fourth-order valence-corrected chi connectivity index (χ4v) is 4.25. The maximum atomic E-state index is 11.9. The quantitative estimate of drug-likeness (QED) is 0.160. The molecule has 1 N–H and O–H groups in total. The largest absolute Gasteiger partial charge is 0.461 e. The Morgan fingerprint density at radius 3 is 2.31 bits per heavy atom. The third kappa shape index (κ3) is 10.4. The average molecular weight is 425 g/mol. The highest BCUT2D eigenvalue weighted by Gasteiger charge is 2.41. The predicted molar refractivity (Wildman–Crippen MR) is 125 cm³/mol. The summed E-state index contributed by atoms with van der Waals surface area (Å²) in [6, 6.07) is 0. The summed E-state index contributed by atoms with van der Waals surface area (Å²) < 4.78 is 12.1. The van der Waals surface area contributed by atoms with Gasteiger partial charge in [-0.05, 0) is 49.9 Å². The number of unbranched alkanes of at least 4 members (excludes halogenated alkanes) is 2. The van der Waals surface area contributed by atoms with Crippen LogP contribution < -0.4 is 0 Å². The molecule has 168 valence electrons. The number of hydrogen-bond donors (Lipinski definition) is 1. The highest BCUT2D eigenvalue weighted by molar-refractivity contribution is 6.74. The van der Waals surface area contributed by atoms with Crippen LogP contribution in [0.3, 0.4) is 0 Å². The van der Waals surface area contributed by atoms with Gasteiger partial charge in [-0.25, -0.2) is 0 Å². The normalized spacial score (nSPS) is 16.1. The first-order valence-electron chi connectivity index (χ1n) is 10.7. The van der Waals surface area contributed by atoms with E-state index in [4.69, 9.17) is 9.16 Å². The molecule has 0 saturated carbocycles. The van der Waals surface area contributed by atoms with Crippen molar-refractivity contribution in [2.24, 2.45) is 11.8 Å². The zero-order valence-corrected chi connectivity index (χ0v) is 20.8. The van der Waals surface area contributed by atoms with Gasteiger partial charge in [0.25, 0.3) is 0 Å². The average Bonchev–Trinajstić information content (AvgIpc) is 2.62. The summed E-state index contributed by atoms with van der Waals surface area (Å²) >= 11 is 0. The van der Waals surface area contributed by atoms with Crippen LogP contribution in [0.25, 0.3) is 0 Å². The minimum Gasteiger partial charge on any atom is -0.461 e. The first-order valence-corrected chi connectivity index (χ1v) is 13.7. The van der Waals surface area contributed by atoms with Crippen molar-refractivity contribution in [2.75, 3.05) is 13.2 Å². The summed E-state index contributed by atoms with van der Waals surface area (Å²) in [6.07, 6.45) is 8.72. The first kappa shape index (κ1) is 27.8. The smallest absolute Gasteiger partial charge is 0.306 e. The Balaban J connectivity index is 5.05. The molecule has 0 aliphatic heterocycles. The molecule has 3 atom stereocenters.